The second kappa shape index (κ2) is 10.8. The summed E-state index contributed by atoms with van der Waals surface area (Å²) in [6, 6.07) is 0. The second-order valence-electron chi connectivity index (χ2n) is 9.74. The number of aliphatic imine (C=N–C) groups is 1. The van der Waals surface area contributed by atoms with Gasteiger partial charge in [-0.05, 0) is 71.2 Å². The summed E-state index contributed by atoms with van der Waals surface area (Å²) in [7, 11) is 4.04. The van der Waals surface area contributed by atoms with Crippen molar-refractivity contribution in [3.8, 4) is 0 Å². The van der Waals surface area contributed by atoms with Crippen LogP contribution in [0.15, 0.2) is 4.99 Å². The maximum Gasteiger partial charge on any atom is 0.191 e. The van der Waals surface area contributed by atoms with Crippen LogP contribution in [0.3, 0.4) is 0 Å². The van der Waals surface area contributed by atoms with E-state index in [1.165, 1.54) is 58.3 Å². The lowest BCUT2D eigenvalue weighted by atomic mass is 9.84. The van der Waals surface area contributed by atoms with Gasteiger partial charge in [-0.25, -0.2) is 0 Å². The van der Waals surface area contributed by atoms with E-state index in [9.17, 15) is 0 Å². The predicted octanol–water partition coefficient (Wildman–Crippen LogP) is 2.55. The normalized spacial score (nSPS) is 23.4. The van der Waals surface area contributed by atoms with Crippen molar-refractivity contribution < 1.29 is 4.74 Å². The van der Waals surface area contributed by atoms with Gasteiger partial charge >= 0.3 is 0 Å². The Morgan fingerprint density at radius 3 is 2.25 bits per heavy atom. The molecule has 2 aliphatic rings. The number of rotatable bonds is 7. The molecule has 0 spiro atoms. The minimum absolute atomic E-state index is 0.0993. The van der Waals surface area contributed by atoms with Crippen LogP contribution in [0.5, 0.6) is 0 Å². The summed E-state index contributed by atoms with van der Waals surface area (Å²) in [4.78, 5) is 10.3. The van der Waals surface area contributed by atoms with Gasteiger partial charge in [-0.15, -0.1) is 0 Å². The average molecular weight is 396 g/mol. The first-order valence-corrected chi connectivity index (χ1v) is 11.3. The summed E-state index contributed by atoms with van der Waals surface area (Å²) >= 11 is 0. The predicted molar refractivity (Wildman–Crippen MR) is 119 cm³/mol. The zero-order chi connectivity index (χ0) is 20.6. The first-order valence-electron chi connectivity index (χ1n) is 11.3. The van der Waals surface area contributed by atoms with Gasteiger partial charge in [0.15, 0.2) is 5.96 Å². The zero-order valence-corrected chi connectivity index (χ0v) is 19.3. The van der Waals surface area contributed by atoms with Crippen LogP contribution in [-0.2, 0) is 4.74 Å². The first kappa shape index (κ1) is 23.4. The van der Waals surface area contributed by atoms with Crippen LogP contribution in [0.1, 0.15) is 59.8 Å². The van der Waals surface area contributed by atoms with Gasteiger partial charge in [-0.2, -0.15) is 0 Å². The Bertz CT molecular complexity index is 474. The van der Waals surface area contributed by atoms with E-state index in [0.717, 1.165) is 25.6 Å². The Morgan fingerprint density at radius 1 is 1.07 bits per heavy atom. The molecule has 0 aliphatic carbocycles. The molecular weight excluding hydrogens is 350 g/mol. The Morgan fingerprint density at radius 2 is 1.71 bits per heavy atom. The molecule has 2 fully saturated rings. The van der Waals surface area contributed by atoms with E-state index in [0.29, 0.717) is 0 Å². The molecule has 0 aromatic carbocycles. The number of ether oxygens (including phenoxy) is 1. The lowest BCUT2D eigenvalue weighted by Crippen LogP contribution is -2.58. The molecule has 0 aromatic heterocycles. The van der Waals surface area contributed by atoms with Gasteiger partial charge < -0.3 is 20.3 Å². The van der Waals surface area contributed by atoms with E-state index < -0.39 is 0 Å². The second-order valence-corrected chi connectivity index (χ2v) is 9.74. The molecule has 2 heterocycles. The van der Waals surface area contributed by atoms with Gasteiger partial charge in [0.2, 0.25) is 0 Å². The molecule has 0 saturated carbocycles. The molecule has 0 aromatic rings. The number of guanidine groups is 1. The van der Waals surface area contributed by atoms with Crippen LogP contribution in [-0.4, -0.2) is 87.4 Å². The SMILES string of the molecule is CCNC(=NCC1(N2CCCCC2)CCN(C)CC1)NCC(OC)C(C)(C)C. The maximum absolute atomic E-state index is 5.71. The average Bonchev–Trinajstić information content (AvgIpc) is 2.67. The summed E-state index contributed by atoms with van der Waals surface area (Å²) < 4.78 is 5.71. The van der Waals surface area contributed by atoms with Crippen LogP contribution >= 0.6 is 0 Å². The maximum atomic E-state index is 5.71. The van der Waals surface area contributed by atoms with Gasteiger partial charge in [-0.3, -0.25) is 9.89 Å². The van der Waals surface area contributed by atoms with Crippen molar-refractivity contribution in [1.82, 2.24) is 20.4 Å². The fraction of sp³-hybridized carbons (Fsp3) is 0.955. The molecule has 6 heteroatoms. The lowest BCUT2D eigenvalue weighted by Gasteiger charge is -2.49. The van der Waals surface area contributed by atoms with E-state index in [-0.39, 0.29) is 17.1 Å². The van der Waals surface area contributed by atoms with Crippen molar-refractivity contribution in [1.29, 1.82) is 0 Å². The topological polar surface area (TPSA) is 52.1 Å². The molecule has 0 radical (unpaired) electrons. The van der Waals surface area contributed by atoms with Crippen LogP contribution in [0.2, 0.25) is 0 Å². The largest absolute Gasteiger partial charge is 0.379 e. The van der Waals surface area contributed by atoms with Crippen molar-refractivity contribution in [3.63, 3.8) is 0 Å². The number of hydrogen-bond acceptors (Lipinski definition) is 4. The molecule has 2 rings (SSSR count). The van der Waals surface area contributed by atoms with E-state index in [1.54, 1.807) is 7.11 Å². The van der Waals surface area contributed by atoms with Crippen LogP contribution < -0.4 is 10.6 Å². The standard InChI is InChI=1S/C22H45N5O/c1-7-23-20(24-17-19(28-6)21(2,3)4)25-18-22(11-15-26(5)16-12-22)27-13-9-8-10-14-27/h19H,7-18H2,1-6H3,(H2,23,24,25). The summed E-state index contributed by atoms with van der Waals surface area (Å²) in [5.74, 6) is 0.920. The molecular formula is C22H45N5O. The summed E-state index contributed by atoms with van der Waals surface area (Å²) in [5, 5.41) is 6.97. The van der Waals surface area contributed by atoms with Crippen molar-refractivity contribution in [3.05, 3.63) is 0 Å². The Balaban J connectivity index is 2.07. The number of methoxy groups -OCH3 is 1. The smallest absolute Gasteiger partial charge is 0.191 e. The van der Waals surface area contributed by atoms with Gasteiger partial charge in [0.05, 0.1) is 12.6 Å². The number of hydrogen-bond donors (Lipinski definition) is 2. The number of likely N-dealkylation sites (tertiary alicyclic amines) is 2. The van der Waals surface area contributed by atoms with Crippen molar-refractivity contribution in [2.45, 2.75) is 71.4 Å². The summed E-state index contributed by atoms with van der Waals surface area (Å²) in [5.41, 5.74) is 0.321. The molecule has 0 bridgehead atoms. The van der Waals surface area contributed by atoms with Gasteiger partial charge in [-0.1, -0.05) is 27.2 Å². The van der Waals surface area contributed by atoms with Crippen LogP contribution in [0.25, 0.3) is 0 Å². The van der Waals surface area contributed by atoms with Crippen molar-refractivity contribution in [2.75, 3.05) is 60.0 Å². The molecule has 2 saturated heterocycles. The number of piperidine rings is 2. The Kier molecular flexibility index (Phi) is 9.03. The highest BCUT2D eigenvalue weighted by atomic mass is 16.5. The fourth-order valence-electron chi connectivity index (χ4n) is 4.48. The Labute approximate surface area is 173 Å². The molecule has 2 aliphatic heterocycles. The van der Waals surface area contributed by atoms with Gasteiger partial charge in [0.25, 0.3) is 0 Å². The third kappa shape index (κ3) is 6.60. The molecule has 1 atom stereocenters. The first-order chi connectivity index (χ1) is 13.3. The van der Waals surface area contributed by atoms with E-state index in [1.807, 2.05) is 0 Å². The Hall–Kier alpha value is -0.850. The molecule has 1 unspecified atom stereocenters. The molecule has 0 amide bonds. The fourth-order valence-corrected chi connectivity index (χ4v) is 4.48. The van der Waals surface area contributed by atoms with Crippen LogP contribution in [0.4, 0.5) is 0 Å². The number of nitrogens with zero attached hydrogens (tertiary/aromatic N) is 3. The van der Waals surface area contributed by atoms with E-state index >= 15 is 0 Å². The molecule has 164 valence electrons. The van der Waals surface area contributed by atoms with Crippen molar-refractivity contribution in [2.24, 2.45) is 10.4 Å². The summed E-state index contributed by atoms with van der Waals surface area (Å²) in [6.07, 6.45) is 6.63. The molecule has 6 nitrogen and oxygen atoms in total. The van der Waals surface area contributed by atoms with Crippen LogP contribution in [0, 0.1) is 5.41 Å². The number of nitrogens with one attached hydrogen (secondary N) is 2. The lowest BCUT2D eigenvalue weighted by molar-refractivity contribution is 0.0191. The summed E-state index contributed by atoms with van der Waals surface area (Å²) in [6.45, 7) is 16.1. The van der Waals surface area contributed by atoms with E-state index in [4.69, 9.17) is 9.73 Å². The highest BCUT2D eigenvalue weighted by Crippen LogP contribution is 2.31. The van der Waals surface area contributed by atoms with Gasteiger partial charge in [0, 0.05) is 25.7 Å². The quantitative estimate of drug-likeness (QED) is 0.512. The monoisotopic (exact) mass is 395 g/mol. The zero-order valence-electron chi connectivity index (χ0n) is 19.3. The highest BCUT2D eigenvalue weighted by molar-refractivity contribution is 5.79. The molecule has 2 N–H and O–H groups in total. The third-order valence-corrected chi connectivity index (χ3v) is 6.53. The van der Waals surface area contributed by atoms with Crippen molar-refractivity contribution >= 4 is 5.96 Å². The van der Waals surface area contributed by atoms with Gasteiger partial charge in [0.1, 0.15) is 0 Å². The van der Waals surface area contributed by atoms with E-state index in [2.05, 4.69) is 55.2 Å². The molecule has 28 heavy (non-hydrogen) atoms. The minimum Gasteiger partial charge on any atom is -0.379 e. The third-order valence-electron chi connectivity index (χ3n) is 6.53. The minimum atomic E-state index is 0.0993. The highest BCUT2D eigenvalue weighted by Gasteiger charge is 2.39.